The molecule has 1 aliphatic carbocycles. The van der Waals surface area contributed by atoms with E-state index < -0.39 is 0 Å². The summed E-state index contributed by atoms with van der Waals surface area (Å²) in [5, 5.41) is 5.06. The van der Waals surface area contributed by atoms with Crippen LogP contribution in [0.2, 0.25) is 0 Å². The Hall–Kier alpha value is -5.77. The van der Waals surface area contributed by atoms with E-state index in [0.717, 1.165) is 13.0 Å². The maximum atomic E-state index is 2.57. The lowest BCUT2D eigenvalue weighted by Crippen LogP contribution is -2.28. The van der Waals surface area contributed by atoms with Gasteiger partial charge in [0.25, 0.3) is 0 Å². The molecule has 0 aromatic heterocycles. The highest BCUT2D eigenvalue weighted by Gasteiger charge is 2.36. The Morgan fingerprint density at radius 1 is 0.625 bits per heavy atom. The van der Waals surface area contributed by atoms with Crippen molar-refractivity contribution in [1.29, 1.82) is 0 Å². The molecule has 3 heteroatoms. The van der Waals surface area contributed by atoms with Crippen molar-refractivity contribution >= 4 is 68.2 Å². The van der Waals surface area contributed by atoms with E-state index in [1.54, 1.807) is 0 Å². The number of fused-ring (bicyclic) bond motifs is 8. The minimum absolute atomic E-state index is 0.0772. The van der Waals surface area contributed by atoms with Crippen LogP contribution in [0.25, 0.3) is 44.8 Å². The summed E-state index contributed by atoms with van der Waals surface area (Å²) in [6, 6.07) is 50.0. The molecule has 56 heavy (non-hydrogen) atoms. The van der Waals surface area contributed by atoms with Gasteiger partial charge in [0.15, 0.2) is 0 Å². The molecule has 0 unspecified atom stereocenters. The molecule has 0 saturated heterocycles. The zero-order chi connectivity index (χ0) is 38.0. The zero-order valence-electron chi connectivity index (χ0n) is 32.6. The quantitative estimate of drug-likeness (QED) is 0.124. The smallest absolute Gasteiger partial charge is 0.0601 e. The van der Waals surface area contributed by atoms with Gasteiger partial charge in [-0.2, -0.15) is 0 Å². The predicted molar refractivity (Wildman–Crippen MR) is 242 cm³/mol. The highest BCUT2D eigenvalue weighted by Crippen LogP contribution is 2.52. The van der Waals surface area contributed by atoms with Gasteiger partial charge in [0.05, 0.1) is 11.4 Å². The van der Waals surface area contributed by atoms with Crippen LogP contribution in [0.15, 0.2) is 167 Å². The lowest BCUT2D eigenvalue weighted by atomic mass is 9.81. The number of nitrogens with zero attached hydrogens (tertiary/aromatic N) is 2. The van der Waals surface area contributed by atoms with E-state index in [9.17, 15) is 0 Å². The van der Waals surface area contributed by atoms with Crippen molar-refractivity contribution in [2.75, 3.05) is 16.3 Å². The number of allylic oxidation sites excluding steroid dienone is 4. The molecule has 0 saturated carbocycles. The first kappa shape index (κ1) is 34.7. The molecule has 2 nitrogen and oxygen atoms in total. The Bertz CT molecular complexity index is 2750. The van der Waals surface area contributed by atoms with Crippen LogP contribution in [0.1, 0.15) is 69.2 Å². The third-order valence-electron chi connectivity index (χ3n) is 12.2. The number of hydrogen-bond acceptors (Lipinski definition) is 3. The van der Waals surface area contributed by atoms with E-state index in [2.05, 4.69) is 195 Å². The van der Waals surface area contributed by atoms with Crippen LogP contribution < -0.4 is 9.80 Å². The van der Waals surface area contributed by atoms with Crippen molar-refractivity contribution in [3.8, 4) is 11.1 Å². The van der Waals surface area contributed by atoms with Crippen molar-refractivity contribution in [1.82, 2.24) is 0 Å². The number of hydrogen-bond donors (Lipinski definition) is 0. The summed E-state index contributed by atoms with van der Waals surface area (Å²) in [7, 11) is 0. The lowest BCUT2D eigenvalue weighted by molar-refractivity contribution is 0.658. The van der Waals surface area contributed by atoms with E-state index in [1.807, 2.05) is 11.8 Å². The third-order valence-corrected chi connectivity index (χ3v) is 13.4. The molecule has 7 aromatic rings. The summed E-state index contributed by atoms with van der Waals surface area (Å²) in [5.74, 6) is 0. The van der Waals surface area contributed by atoms with Crippen molar-refractivity contribution in [3.63, 3.8) is 0 Å². The van der Waals surface area contributed by atoms with Gasteiger partial charge in [0, 0.05) is 38.8 Å². The van der Waals surface area contributed by atoms with Gasteiger partial charge in [-0.1, -0.05) is 136 Å². The van der Waals surface area contributed by atoms with Crippen molar-refractivity contribution in [2.45, 2.75) is 62.2 Å². The number of para-hydroxylation sites is 2. The Kier molecular flexibility index (Phi) is 8.53. The molecule has 0 amide bonds. The summed E-state index contributed by atoms with van der Waals surface area (Å²) >= 11 is 1.85. The zero-order valence-corrected chi connectivity index (χ0v) is 33.5. The SMILES string of the molecule is C/C=C\C1=C(CC)N(c2ccc3c(c2)C(C)(C)c2cc(/C=C/c4ccc5c(ccc6cc(N7c8ccccc8Sc8ccccc87)ccc65)c4)ccc2-3)CCC1. The fraction of sp³-hybridized carbons (Fsp3) is 0.170. The maximum absolute atomic E-state index is 2.57. The second-order valence-electron chi connectivity index (χ2n) is 15.9. The molecule has 2 aliphatic heterocycles. The summed E-state index contributed by atoms with van der Waals surface area (Å²) in [6.07, 6.45) is 12.5. The summed E-state index contributed by atoms with van der Waals surface area (Å²) in [5.41, 5.74) is 15.9. The molecule has 0 N–H and O–H groups in total. The second kappa shape index (κ2) is 13.8. The Morgan fingerprint density at radius 3 is 1.95 bits per heavy atom. The van der Waals surface area contributed by atoms with Crippen LogP contribution in [0.5, 0.6) is 0 Å². The molecular formula is C53H46N2S. The van der Waals surface area contributed by atoms with Crippen LogP contribution in [0.4, 0.5) is 22.7 Å². The second-order valence-corrected chi connectivity index (χ2v) is 17.0. The summed E-state index contributed by atoms with van der Waals surface area (Å²) < 4.78 is 0. The van der Waals surface area contributed by atoms with Gasteiger partial charge in [-0.3, -0.25) is 0 Å². The van der Waals surface area contributed by atoms with Crippen LogP contribution in [0, 0.1) is 0 Å². The van der Waals surface area contributed by atoms with Gasteiger partial charge in [0.2, 0.25) is 0 Å². The number of anilines is 4. The molecule has 0 radical (unpaired) electrons. The Balaban J connectivity index is 0.928. The first-order valence-corrected chi connectivity index (χ1v) is 21.0. The minimum Gasteiger partial charge on any atom is -0.345 e. The minimum atomic E-state index is -0.0772. The molecule has 274 valence electrons. The molecule has 2 heterocycles. The van der Waals surface area contributed by atoms with E-state index in [0.29, 0.717) is 0 Å². The van der Waals surface area contributed by atoms with E-state index in [4.69, 9.17) is 0 Å². The van der Waals surface area contributed by atoms with E-state index in [-0.39, 0.29) is 5.41 Å². The molecular weight excluding hydrogens is 697 g/mol. The molecule has 10 rings (SSSR count). The number of benzene rings is 7. The largest absolute Gasteiger partial charge is 0.345 e. The van der Waals surface area contributed by atoms with Crippen molar-refractivity contribution < 1.29 is 0 Å². The Labute approximate surface area is 335 Å². The first-order valence-electron chi connectivity index (χ1n) is 20.1. The fourth-order valence-electron chi connectivity index (χ4n) is 9.47. The Morgan fingerprint density at radius 2 is 1.23 bits per heavy atom. The number of rotatable bonds is 6. The highest BCUT2D eigenvalue weighted by atomic mass is 32.2. The van der Waals surface area contributed by atoms with Gasteiger partial charge in [-0.25, -0.2) is 0 Å². The predicted octanol–water partition coefficient (Wildman–Crippen LogP) is 15.2. The summed E-state index contributed by atoms with van der Waals surface area (Å²) in [6.45, 7) is 10.3. The van der Waals surface area contributed by atoms with Gasteiger partial charge >= 0.3 is 0 Å². The topological polar surface area (TPSA) is 6.48 Å². The van der Waals surface area contributed by atoms with Crippen molar-refractivity contribution in [3.05, 3.63) is 179 Å². The maximum Gasteiger partial charge on any atom is 0.0601 e. The molecule has 3 aliphatic rings. The van der Waals surface area contributed by atoms with Gasteiger partial charge in [-0.15, -0.1) is 0 Å². The first-order chi connectivity index (χ1) is 27.4. The monoisotopic (exact) mass is 742 g/mol. The highest BCUT2D eigenvalue weighted by molar-refractivity contribution is 7.99. The normalized spacial score (nSPS) is 15.9. The molecule has 0 atom stereocenters. The average Bonchev–Trinajstić information content (AvgIpc) is 3.46. The van der Waals surface area contributed by atoms with Gasteiger partial charge in [-0.05, 0) is 141 Å². The lowest BCUT2D eigenvalue weighted by Gasteiger charge is -2.34. The molecule has 0 bridgehead atoms. The molecule has 0 spiro atoms. The molecule has 0 fully saturated rings. The van der Waals surface area contributed by atoms with E-state index >= 15 is 0 Å². The third kappa shape index (κ3) is 5.71. The van der Waals surface area contributed by atoms with Gasteiger partial charge in [0.1, 0.15) is 0 Å². The fourth-order valence-corrected chi connectivity index (χ4v) is 10.5. The van der Waals surface area contributed by atoms with Crippen LogP contribution in [-0.4, -0.2) is 6.54 Å². The van der Waals surface area contributed by atoms with Gasteiger partial charge < -0.3 is 9.80 Å². The van der Waals surface area contributed by atoms with Crippen molar-refractivity contribution in [2.24, 2.45) is 0 Å². The summed E-state index contributed by atoms with van der Waals surface area (Å²) in [4.78, 5) is 7.54. The molecule has 7 aromatic carbocycles. The van der Waals surface area contributed by atoms with E-state index in [1.165, 1.54) is 112 Å². The average molecular weight is 743 g/mol. The van der Waals surface area contributed by atoms with Crippen LogP contribution >= 0.6 is 11.8 Å². The standard InChI is InChI=1S/C53H46N2S/c1-5-12-37-13-11-30-54(48(37)6-2)40-24-29-45-44-27-21-36(32-46(44)53(3,4)47(45)34-40)19-18-35-20-26-42-38(31-35)22-23-39-33-41(25-28-43(39)42)55-49-14-7-9-16-51(49)56-52-17-10-8-15-50(52)55/h5,7-10,12,14-29,31-34H,6,11,13,30H2,1-4H3/b12-5-,19-18+. The van der Waals surface area contributed by atoms with Crippen LogP contribution in [0.3, 0.4) is 0 Å². The van der Waals surface area contributed by atoms with Crippen LogP contribution in [-0.2, 0) is 5.41 Å².